The van der Waals surface area contributed by atoms with Gasteiger partial charge in [0.25, 0.3) is 0 Å². The van der Waals surface area contributed by atoms with Gasteiger partial charge in [-0.2, -0.15) is 4.39 Å². The highest BCUT2D eigenvalue weighted by Gasteiger charge is 2.46. The lowest BCUT2D eigenvalue weighted by atomic mass is 10.3. The van der Waals surface area contributed by atoms with Gasteiger partial charge in [0.1, 0.15) is 5.69 Å². The van der Waals surface area contributed by atoms with Gasteiger partial charge in [0.15, 0.2) is 11.6 Å². The van der Waals surface area contributed by atoms with E-state index in [-0.39, 0.29) is 17.2 Å². The molecule has 2 heterocycles. The summed E-state index contributed by atoms with van der Waals surface area (Å²) in [7, 11) is 0. The third-order valence-electron chi connectivity index (χ3n) is 2.33. The number of rotatable bonds is 1. The largest absolute Gasteiger partial charge is 0.453 e. The van der Waals surface area contributed by atoms with Gasteiger partial charge in [-0.25, -0.2) is 4.39 Å². The summed E-state index contributed by atoms with van der Waals surface area (Å²) in [5.74, 6) is -0.805. The van der Waals surface area contributed by atoms with Crippen LogP contribution in [0.1, 0.15) is 5.69 Å². The second kappa shape index (κ2) is 2.98. The first-order valence-corrected chi connectivity index (χ1v) is 4.68. The second-order valence-corrected chi connectivity index (χ2v) is 3.39. The minimum absolute atomic E-state index is 0.0529. The van der Waals surface area contributed by atoms with Crippen LogP contribution in [-0.4, -0.2) is 4.98 Å². The van der Waals surface area contributed by atoms with E-state index in [4.69, 9.17) is 9.47 Å². The monoisotopic (exact) mass is 223 g/mol. The highest BCUT2D eigenvalue weighted by molar-refractivity contribution is 5.44. The Morgan fingerprint density at radius 1 is 1.12 bits per heavy atom. The molecule has 1 aromatic carbocycles. The molecular formula is C11H7F2NO2. The van der Waals surface area contributed by atoms with Gasteiger partial charge in [0, 0.05) is 6.20 Å². The van der Waals surface area contributed by atoms with Gasteiger partial charge in [-0.3, -0.25) is 0 Å². The van der Waals surface area contributed by atoms with Crippen LogP contribution in [0, 0.1) is 5.82 Å². The Labute approximate surface area is 89.6 Å². The highest BCUT2D eigenvalue weighted by Crippen LogP contribution is 2.45. The lowest BCUT2D eigenvalue weighted by Gasteiger charge is -2.15. The highest BCUT2D eigenvalue weighted by atomic mass is 19.2. The summed E-state index contributed by atoms with van der Waals surface area (Å²) in [6.45, 7) is 0. The molecule has 1 atom stereocenters. The lowest BCUT2D eigenvalue weighted by molar-refractivity contribution is -0.203. The lowest BCUT2D eigenvalue weighted by Crippen LogP contribution is -2.30. The number of halogens is 2. The van der Waals surface area contributed by atoms with Crippen molar-refractivity contribution in [1.29, 1.82) is 0 Å². The molecule has 1 aliphatic rings. The summed E-state index contributed by atoms with van der Waals surface area (Å²) in [5.41, 5.74) is 0.0862. The molecular weight excluding hydrogens is 216 g/mol. The number of alkyl halides is 1. The van der Waals surface area contributed by atoms with E-state index in [1.807, 2.05) is 0 Å². The molecule has 0 fully saturated rings. The fourth-order valence-corrected chi connectivity index (χ4v) is 1.59. The quantitative estimate of drug-likeness (QED) is 0.806. The smallest absolute Gasteiger partial charge is 0.418 e. The average molecular weight is 223 g/mol. The van der Waals surface area contributed by atoms with Crippen LogP contribution in [0.4, 0.5) is 8.78 Å². The molecule has 0 spiro atoms. The molecule has 82 valence electrons. The number of benzene rings is 1. The molecule has 0 radical (unpaired) electrons. The predicted octanol–water partition coefficient (Wildman–Crippen LogP) is 2.71. The van der Waals surface area contributed by atoms with Crippen LogP contribution in [0.2, 0.25) is 0 Å². The number of fused-ring (bicyclic) bond motifs is 1. The maximum absolute atomic E-state index is 14.2. The normalized spacial score (nSPS) is 22.4. The number of hydrogen-bond donors (Lipinski definition) is 1. The van der Waals surface area contributed by atoms with Gasteiger partial charge in [0.2, 0.25) is 5.75 Å². The summed E-state index contributed by atoms with van der Waals surface area (Å²) >= 11 is 0. The minimum atomic E-state index is -2.48. The van der Waals surface area contributed by atoms with E-state index in [2.05, 4.69) is 4.98 Å². The third kappa shape index (κ3) is 1.18. The zero-order chi connectivity index (χ0) is 11.2. The van der Waals surface area contributed by atoms with E-state index >= 15 is 0 Å². The van der Waals surface area contributed by atoms with Gasteiger partial charge in [-0.1, -0.05) is 6.07 Å². The van der Waals surface area contributed by atoms with Crippen molar-refractivity contribution in [1.82, 2.24) is 4.98 Å². The Balaban J connectivity index is 2.05. The zero-order valence-corrected chi connectivity index (χ0v) is 8.04. The molecule has 3 nitrogen and oxygen atoms in total. The van der Waals surface area contributed by atoms with E-state index in [0.29, 0.717) is 0 Å². The summed E-state index contributed by atoms with van der Waals surface area (Å²) < 4.78 is 37.3. The first-order chi connectivity index (χ1) is 7.69. The van der Waals surface area contributed by atoms with Crippen molar-refractivity contribution in [2.45, 2.75) is 6.04 Å². The molecule has 1 unspecified atom stereocenters. The number of nitrogens with one attached hydrogen (secondary N) is 1. The number of H-pyrrole nitrogens is 1. The van der Waals surface area contributed by atoms with Crippen molar-refractivity contribution in [3.63, 3.8) is 0 Å². The maximum Gasteiger partial charge on any atom is 0.453 e. The van der Waals surface area contributed by atoms with Gasteiger partial charge in [-0.15, -0.1) is 0 Å². The van der Waals surface area contributed by atoms with E-state index in [9.17, 15) is 8.78 Å². The number of para-hydroxylation sites is 1. The Morgan fingerprint density at radius 2 is 2.00 bits per heavy atom. The van der Waals surface area contributed by atoms with Gasteiger partial charge >= 0.3 is 6.04 Å². The van der Waals surface area contributed by atoms with Crippen LogP contribution in [0.15, 0.2) is 36.5 Å². The minimum Gasteiger partial charge on any atom is -0.418 e. The molecule has 1 N–H and O–H groups in total. The number of aromatic nitrogens is 1. The van der Waals surface area contributed by atoms with Crippen molar-refractivity contribution in [3.8, 4) is 11.5 Å². The summed E-state index contributed by atoms with van der Waals surface area (Å²) in [6.07, 6.45) is 1.53. The van der Waals surface area contributed by atoms with E-state index in [1.54, 1.807) is 6.07 Å². The maximum atomic E-state index is 14.2. The van der Waals surface area contributed by atoms with Crippen molar-refractivity contribution in [3.05, 3.63) is 48.0 Å². The topological polar surface area (TPSA) is 34.2 Å². The van der Waals surface area contributed by atoms with E-state index in [1.165, 1.54) is 30.5 Å². The summed E-state index contributed by atoms with van der Waals surface area (Å²) in [6, 6.07) is 4.64. The van der Waals surface area contributed by atoms with Crippen LogP contribution in [0.5, 0.6) is 11.5 Å². The molecule has 1 aliphatic heterocycles. The first-order valence-electron chi connectivity index (χ1n) is 4.68. The Morgan fingerprint density at radius 3 is 2.69 bits per heavy atom. The summed E-state index contributed by atoms with van der Waals surface area (Å²) in [4.78, 5) is 2.63. The molecule has 2 aromatic rings. The fourth-order valence-electron chi connectivity index (χ4n) is 1.59. The van der Waals surface area contributed by atoms with Gasteiger partial charge < -0.3 is 14.5 Å². The van der Waals surface area contributed by atoms with Crippen molar-refractivity contribution >= 4 is 0 Å². The van der Waals surface area contributed by atoms with Crippen LogP contribution in [0.25, 0.3) is 0 Å². The van der Waals surface area contributed by atoms with Crippen LogP contribution in [0.3, 0.4) is 0 Å². The van der Waals surface area contributed by atoms with E-state index in [0.717, 1.165) is 0 Å². The Hall–Kier alpha value is -2.04. The van der Waals surface area contributed by atoms with Crippen molar-refractivity contribution in [2.75, 3.05) is 0 Å². The molecule has 0 aliphatic carbocycles. The van der Waals surface area contributed by atoms with E-state index < -0.39 is 11.9 Å². The molecule has 3 rings (SSSR count). The average Bonchev–Trinajstić information content (AvgIpc) is 2.84. The Bertz CT molecular complexity index is 527. The van der Waals surface area contributed by atoms with Crippen molar-refractivity contribution in [2.24, 2.45) is 0 Å². The SMILES string of the molecule is Fc1cccc2c1OC(F)(c1ccc[nH]1)O2. The first kappa shape index (κ1) is 9.21. The Kier molecular flexibility index (Phi) is 1.71. The van der Waals surface area contributed by atoms with Crippen LogP contribution < -0.4 is 9.47 Å². The number of ether oxygens (including phenoxy) is 2. The molecule has 0 saturated carbocycles. The fraction of sp³-hybridized carbons (Fsp3) is 0.0909. The second-order valence-electron chi connectivity index (χ2n) is 3.39. The van der Waals surface area contributed by atoms with Crippen molar-refractivity contribution < 1.29 is 18.3 Å². The molecule has 0 saturated heterocycles. The van der Waals surface area contributed by atoms with Crippen LogP contribution in [-0.2, 0) is 6.04 Å². The summed E-state index contributed by atoms with van der Waals surface area (Å²) in [5, 5.41) is 0. The third-order valence-corrected chi connectivity index (χ3v) is 2.33. The standard InChI is InChI=1S/C11H7F2NO2/c12-7-3-1-4-8-10(7)16-11(13,15-8)9-5-2-6-14-9/h1-6,14H. The van der Waals surface area contributed by atoms with Gasteiger partial charge in [0.05, 0.1) is 0 Å². The van der Waals surface area contributed by atoms with Crippen LogP contribution >= 0.6 is 0 Å². The molecule has 16 heavy (non-hydrogen) atoms. The van der Waals surface area contributed by atoms with Gasteiger partial charge in [-0.05, 0) is 24.3 Å². The molecule has 5 heteroatoms. The number of aromatic amines is 1. The zero-order valence-electron chi connectivity index (χ0n) is 8.04. The molecule has 1 aromatic heterocycles. The number of hydrogen-bond acceptors (Lipinski definition) is 2. The molecule has 0 bridgehead atoms. The molecule has 0 amide bonds. The predicted molar refractivity (Wildman–Crippen MR) is 51.2 cm³/mol.